The average molecular weight is 333 g/mol. The lowest BCUT2D eigenvalue weighted by Gasteiger charge is -2.11. The van der Waals surface area contributed by atoms with E-state index < -0.39 is 36.1 Å². The maximum Gasteiger partial charge on any atom is 0.328 e. The molecule has 1 aromatic heterocycles. The Labute approximate surface area is 137 Å². The second-order valence-electron chi connectivity index (χ2n) is 5.42. The molecule has 1 aromatic carbocycles. The fourth-order valence-electron chi connectivity index (χ4n) is 2.10. The number of fused-ring (bicyclic) bond motifs is 1. The molecule has 0 spiro atoms. The van der Waals surface area contributed by atoms with Gasteiger partial charge < -0.3 is 10.1 Å². The Morgan fingerprint density at radius 2 is 1.92 bits per heavy atom. The molecule has 0 aliphatic rings. The number of ether oxygens (including phenoxy) is 1. The molecule has 128 valence electrons. The van der Waals surface area contributed by atoms with E-state index in [4.69, 9.17) is 4.74 Å². The summed E-state index contributed by atoms with van der Waals surface area (Å²) >= 11 is 0. The first-order valence-corrected chi connectivity index (χ1v) is 7.59. The van der Waals surface area contributed by atoms with Crippen LogP contribution in [-0.2, 0) is 20.9 Å². The Kier molecular flexibility index (Phi) is 5.51. The number of esters is 1. The average Bonchev–Trinajstić information content (AvgIpc) is 2.57. The zero-order valence-electron chi connectivity index (χ0n) is 13.5. The van der Waals surface area contributed by atoms with Crippen LogP contribution >= 0.6 is 0 Å². The molecule has 8 heteroatoms. The number of carbonyl (C=O) groups excluding carboxylic acids is 2. The monoisotopic (exact) mass is 333 g/mol. The third-order valence-electron chi connectivity index (χ3n) is 3.55. The predicted octanol–water partition coefficient (Wildman–Crippen LogP) is 0.148. The van der Waals surface area contributed by atoms with Gasteiger partial charge in [-0.1, -0.05) is 19.1 Å². The van der Waals surface area contributed by atoms with Crippen LogP contribution in [0.15, 0.2) is 33.9 Å². The van der Waals surface area contributed by atoms with Crippen LogP contribution in [0.1, 0.15) is 20.3 Å². The van der Waals surface area contributed by atoms with Gasteiger partial charge in [0.25, 0.3) is 17.0 Å². The summed E-state index contributed by atoms with van der Waals surface area (Å²) in [7, 11) is 0. The van der Waals surface area contributed by atoms with Gasteiger partial charge in [0.05, 0.1) is 10.8 Å². The summed E-state index contributed by atoms with van der Waals surface area (Å²) in [6.45, 7) is 2.84. The normalized spacial score (nSPS) is 11.9. The van der Waals surface area contributed by atoms with E-state index in [0.717, 1.165) is 11.1 Å². The second-order valence-corrected chi connectivity index (χ2v) is 5.42. The molecule has 0 aliphatic heterocycles. The first-order valence-electron chi connectivity index (χ1n) is 7.59. The highest BCUT2D eigenvalue weighted by atomic mass is 16.5. The zero-order chi connectivity index (χ0) is 17.7. The van der Waals surface area contributed by atoms with Gasteiger partial charge in [0.1, 0.15) is 6.54 Å². The Morgan fingerprint density at radius 1 is 1.25 bits per heavy atom. The van der Waals surface area contributed by atoms with Gasteiger partial charge in [-0.3, -0.25) is 24.3 Å². The first-order chi connectivity index (χ1) is 11.4. The van der Waals surface area contributed by atoms with Crippen LogP contribution in [-0.4, -0.2) is 34.3 Å². The maximum absolute atomic E-state index is 12.2. The number of nitrogens with zero attached hydrogens (tertiary/aromatic N) is 1. The van der Waals surface area contributed by atoms with E-state index in [0.29, 0.717) is 0 Å². The Balaban J connectivity index is 2.06. The predicted molar refractivity (Wildman–Crippen MR) is 87.7 cm³/mol. The number of amides is 1. The molecule has 0 fully saturated rings. The number of carbonyl (C=O) groups is 2. The Morgan fingerprint density at radius 3 is 2.58 bits per heavy atom. The maximum atomic E-state index is 12.2. The van der Waals surface area contributed by atoms with Crippen molar-refractivity contribution in [1.82, 2.24) is 15.1 Å². The highest BCUT2D eigenvalue weighted by Crippen LogP contribution is 2.02. The standard InChI is InChI=1S/C16H19N3O5/c1-3-10(2)17-13(20)9-24-14(21)8-19-16(23)12-7-5-4-6-11(12)15(22)18-19/h4-7,10H,3,8-9H2,1-2H3,(H,17,20)(H,18,22). The van der Waals surface area contributed by atoms with Crippen LogP contribution in [0.25, 0.3) is 10.8 Å². The SMILES string of the molecule is CCC(C)NC(=O)COC(=O)Cn1[nH]c(=O)c2ccccc2c1=O. The number of nitrogens with one attached hydrogen (secondary N) is 2. The lowest BCUT2D eigenvalue weighted by molar-refractivity contribution is -0.149. The van der Waals surface area contributed by atoms with E-state index in [1.54, 1.807) is 12.1 Å². The summed E-state index contributed by atoms with van der Waals surface area (Å²) in [5.41, 5.74) is -0.987. The highest BCUT2D eigenvalue weighted by molar-refractivity contribution is 5.81. The van der Waals surface area contributed by atoms with Gasteiger partial charge in [-0.2, -0.15) is 0 Å². The van der Waals surface area contributed by atoms with E-state index in [-0.39, 0.29) is 16.8 Å². The van der Waals surface area contributed by atoms with Crippen molar-refractivity contribution < 1.29 is 14.3 Å². The molecule has 2 aromatic rings. The van der Waals surface area contributed by atoms with Crippen molar-refractivity contribution in [2.45, 2.75) is 32.9 Å². The largest absolute Gasteiger partial charge is 0.454 e. The fraction of sp³-hybridized carbons (Fsp3) is 0.375. The highest BCUT2D eigenvalue weighted by Gasteiger charge is 2.13. The molecule has 0 saturated carbocycles. The van der Waals surface area contributed by atoms with E-state index in [2.05, 4.69) is 10.4 Å². The molecular formula is C16H19N3O5. The minimum absolute atomic E-state index is 0.0179. The molecule has 1 unspecified atom stereocenters. The molecule has 2 N–H and O–H groups in total. The molecule has 2 rings (SSSR count). The number of H-pyrrole nitrogens is 1. The summed E-state index contributed by atoms with van der Waals surface area (Å²) in [6.07, 6.45) is 0.757. The van der Waals surface area contributed by atoms with Crippen molar-refractivity contribution in [3.05, 3.63) is 45.0 Å². The first kappa shape index (κ1) is 17.5. The van der Waals surface area contributed by atoms with Crippen molar-refractivity contribution in [2.75, 3.05) is 6.61 Å². The van der Waals surface area contributed by atoms with Crippen LogP contribution in [0.5, 0.6) is 0 Å². The summed E-state index contributed by atoms with van der Waals surface area (Å²) in [5.74, 6) is -1.21. The number of aromatic nitrogens is 2. The van der Waals surface area contributed by atoms with Crippen LogP contribution < -0.4 is 16.4 Å². The van der Waals surface area contributed by atoms with Crippen molar-refractivity contribution in [3.8, 4) is 0 Å². The van der Waals surface area contributed by atoms with Crippen molar-refractivity contribution >= 4 is 22.6 Å². The Hall–Kier alpha value is -2.90. The van der Waals surface area contributed by atoms with Crippen LogP contribution in [0, 0.1) is 0 Å². The fourth-order valence-corrected chi connectivity index (χ4v) is 2.10. The minimum atomic E-state index is -0.790. The van der Waals surface area contributed by atoms with Gasteiger partial charge >= 0.3 is 5.97 Å². The molecule has 0 bridgehead atoms. The second kappa shape index (κ2) is 7.58. The van der Waals surface area contributed by atoms with Gasteiger partial charge in [-0.25, -0.2) is 4.68 Å². The van der Waals surface area contributed by atoms with E-state index in [9.17, 15) is 19.2 Å². The van der Waals surface area contributed by atoms with Crippen LogP contribution in [0.4, 0.5) is 0 Å². The topological polar surface area (TPSA) is 110 Å². The van der Waals surface area contributed by atoms with Crippen molar-refractivity contribution in [1.29, 1.82) is 0 Å². The molecular weight excluding hydrogens is 314 g/mol. The van der Waals surface area contributed by atoms with Crippen molar-refractivity contribution in [2.24, 2.45) is 0 Å². The van der Waals surface area contributed by atoms with E-state index in [1.165, 1.54) is 12.1 Å². The molecule has 0 radical (unpaired) electrons. The molecule has 1 heterocycles. The number of aromatic amines is 1. The lowest BCUT2D eigenvalue weighted by atomic mass is 10.2. The number of rotatable bonds is 6. The third kappa shape index (κ3) is 4.09. The lowest BCUT2D eigenvalue weighted by Crippen LogP contribution is -2.37. The number of hydrogen-bond donors (Lipinski definition) is 2. The molecule has 24 heavy (non-hydrogen) atoms. The van der Waals surface area contributed by atoms with Gasteiger partial charge in [0.15, 0.2) is 6.61 Å². The minimum Gasteiger partial charge on any atom is -0.454 e. The van der Waals surface area contributed by atoms with E-state index >= 15 is 0 Å². The summed E-state index contributed by atoms with van der Waals surface area (Å²) in [6, 6.07) is 6.29. The number of hydrogen-bond acceptors (Lipinski definition) is 5. The molecule has 8 nitrogen and oxygen atoms in total. The molecule has 0 saturated heterocycles. The quantitative estimate of drug-likeness (QED) is 0.731. The summed E-state index contributed by atoms with van der Waals surface area (Å²) < 4.78 is 5.70. The summed E-state index contributed by atoms with van der Waals surface area (Å²) in [4.78, 5) is 47.5. The zero-order valence-corrected chi connectivity index (χ0v) is 13.5. The van der Waals surface area contributed by atoms with Crippen molar-refractivity contribution in [3.63, 3.8) is 0 Å². The van der Waals surface area contributed by atoms with Crippen LogP contribution in [0.3, 0.4) is 0 Å². The summed E-state index contributed by atoms with van der Waals surface area (Å²) in [5, 5.41) is 5.44. The van der Waals surface area contributed by atoms with Gasteiger partial charge in [-0.15, -0.1) is 0 Å². The molecule has 1 amide bonds. The van der Waals surface area contributed by atoms with Gasteiger partial charge in [0.2, 0.25) is 0 Å². The smallest absolute Gasteiger partial charge is 0.328 e. The molecule has 0 aliphatic carbocycles. The third-order valence-corrected chi connectivity index (χ3v) is 3.55. The number of benzene rings is 1. The van der Waals surface area contributed by atoms with Gasteiger partial charge in [-0.05, 0) is 25.5 Å². The van der Waals surface area contributed by atoms with E-state index in [1.807, 2.05) is 13.8 Å². The van der Waals surface area contributed by atoms with Crippen LogP contribution in [0.2, 0.25) is 0 Å². The van der Waals surface area contributed by atoms with Gasteiger partial charge in [0, 0.05) is 6.04 Å². The Bertz CT molecular complexity index is 868. The molecule has 1 atom stereocenters.